The number of aromatic nitrogens is 2. The first-order valence-corrected chi connectivity index (χ1v) is 10.3. The molecule has 30 heavy (non-hydrogen) atoms. The Morgan fingerprint density at radius 2 is 1.13 bits per heavy atom. The molecule has 0 amide bonds. The van der Waals surface area contributed by atoms with Crippen LogP contribution in [0.5, 0.6) is 0 Å². The van der Waals surface area contributed by atoms with Gasteiger partial charge in [0.15, 0.2) is 0 Å². The first kappa shape index (κ1) is 17.0. The minimum atomic E-state index is 0.970. The molecule has 2 nitrogen and oxygen atoms in total. The van der Waals surface area contributed by atoms with E-state index in [0.717, 1.165) is 28.1 Å². The van der Waals surface area contributed by atoms with Crippen molar-refractivity contribution >= 4 is 32.6 Å². The molecule has 6 rings (SSSR count). The van der Waals surface area contributed by atoms with Crippen LogP contribution in [0.4, 0.5) is 0 Å². The van der Waals surface area contributed by atoms with E-state index in [1.807, 2.05) is 0 Å². The highest BCUT2D eigenvalue weighted by Crippen LogP contribution is 2.38. The molecular formula is C28H20N2. The molecule has 6 aromatic rings. The van der Waals surface area contributed by atoms with Gasteiger partial charge in [-0.05, 0) is 29.8 Å². The predicted octanol–water partition coefficient (Wildman–Crippen LogP) is 7.31. The molecular weight excluding hydrogens is 364 g/mol. The van der Waals surface area contributed by atoms with Gasteiger partial charge in [-0.25, -0.2) is 4.98 Å². The quantitative estimate of drug-likeness (QED) is 0.286. The van der Waals surface area contributed by atoms with Gasteiger partial charge in [0.1, 0.15) is 5.82 Å². The standard InChI is InChI=1S/C28H20N2/c1-19-15-17-20(18-16-19)28-29-26-24-13-7-5-11-22(24)23-12-6-8-14-25(23)27(26)30(28)21-9-3-2-4-10-21/h2-18H,1H3. The Morgan fingerprint density at radius 1 is 0.567 bits per heavy atom. The van der Waals surface area contributed by atoms with Gasteiger partial charge in [0.05, 0.1) is 11.0 Å². The number of aryl methyl sites for hydroxylation is 1. The maximum Gasteiger partial charge on any atom is 0.145 e. The molecule has 0 spiro atoms. The predicted molar refractivity (Wildman–Crippen MR) is 126 cm³/mol. The highest BCUT2D eigenvalue weighted by Gasteiger charge is 2.19. The average Bonchev–Trinajstić information content (AvgIpc) is 3.21. The van der Waals surface area contributed by atoms with Gasteiger partial charge >= 0.3 is 0 Å². The van der Waals surface area contributed by atoms with Crippen molar-refractivity contribution in [2.75, 3.05) is 0 Å². The number of imidazole rings is 1. The van der Waals surface area contributed by atoms with E-state index < -0.39 is 0 Å². The van der Waals surface area contributed by atoms with E-state index in [4.69, 9.17) is 4.98 Å². The second-order valence-corrected chi connectivity index (χ2v) is 7.76. The minimum Gasteiger partial charge on any atom is -0.292 e. The molecule has 0 bridgehead atoms. The van der Waals surface area contributed by atoms with Crippen molar-refractivity contribution in [3.05, 3.63) is 109 Å². The zero-order valence-electron chi connectivity index (χ0n) is 16.7. The fourth-order valence-corrected chi connectivity index (χ4v) is 4.43. The number of hydrogen-bond donors (Lipinski definition) is 0. The van der Waals surface area contributed by atoms with Crippen LogP contribution in [0.15, 0.2) is 103 Å². The lowest BCUT2D eigenvalue weighted by molar-refractivity contribution is 1.11. The van der Waals surface area contributed by atoms with Crippen molar-refractivity contribution in [3.63, 3.8) is 0 Å². The van der Waals surface area contributed by atoms with E-state index >= 15 is 0 Å². The molecule has 1 aromatic heterocycles. The smallest absolute Gasteiger partial charge is 0.145 e. The van der Waals surface area contributed by atoms with Crippen LogP contribution in [0.1, 0.15) is 5.56 Å². The number of rotatable bonds is 2. The first-order chi connectivity index (χ1) is 14.8. The van der Waals surface area contributed by atoms with Gasteiger partial charge < -0.3 is 0 Å². The summed E-state index contributed by atoms with van der Waals surface area (Å²) in [6.45, 7) is 2.12. The number of para-hydroxylation sites is 1. The maximum atomic E-state index is 5.23. The molecule has 1 heterocycles. The van der Waals surface area contributed by atoms with Crippen LogP contribution in [0, 0.1) is 6.92 Å². The Bertz CT molecular complexity index is 1520. The molecule has 0 unspecified atom stereocenters. The van der Waals surface area contributed by atoms with Gasteiger partial charge in [-0.2, -0.15) is 0 Å². The van der Waals surface area contributed by atoms with Crippen molar-refractivity contribution in [3.8, 4) is 17.1 Å². The van der Waals surface area contributed by atoms with E-state index in [9.17, 15) is 0 Å². The first-order valence-electron chi connectivity index (χ1n) is 10.3. The summed E-state index contributed by atoms with van der Waals surface area (Å²) in [5.74, 6) is 0.970. The summed E-state index contributed by atoms with van der Waals surface area (Å²) in [5.41, 5.74) is 5.69. The van der Waals surface area contributed by atoms with Crippen LogP contribution in [-0.2, 0) is 0 Å². The SMILES string of the molecule is Cc1ccc(-c2nc3c4ccccc4c4ccccc4c3n2-c2ccccc2)cc1. The van der Waals surface area contributed by atoms with Crippen LogP contribution in [0.25, 0.3) is 49.7 Å². The van der Waals surface area contributed by atoms with Crippen molar-refractivity contribution in [2.24, 2.45) is 0 Å². The molecule has 0 atom stereocenters. The molecule has 0 aliphatic carbocycles. The molecule has 0 radical (unpaired) electrons. The van der Waals surface area contributed by atoms with Crippen molar-refractivity contribution in [1.29, 1.82) is 0 Å². The van der Waals surface area contributed by atoms with Crippen LogP contribution < -0.4 is 0 Å². The van der Waals surface area contributed by atoms with Crippen molar-refractivity contribution < 1.29 is 0 Å². The minimum absolute atomic E-state index is 0.970. The number of hydrogen-bond acceptors (Lipinski definition) is 1. The van der Waals surface area contributed by atoms with Crippen LogP contribution in [-0.4, -0.2) is 9.55 Å². The summed E-state index contributed by atoms with van der Waals surface area (Å²) in [4.78, 5) is 5.23. The topological polar surface area (TPSA) is 17.8 Å². The summed E-state index contributed by atoms with van der Waals surface area (Å²) in [7, 11) is 0. The van der Waals surface area contributed by atoms with E-state index in [1.54, 1.807) is 0 Å². The lowest BCUT2D eigenvalue weighted by Crippen LogP contribution is -1.98. The zero-order valence-corrected chi connectivity index (χ0v) is 16.7. The number of nitrogens with zero attached hydrogens (tertiary/aromatic N) is 2. The lowest BCUT2D eigenvalue weighted by atomic mass is 10.00. The fraction of sp³-hybridized carbons (Fsp3) is 0.0357. The largest absolute Gasteiger partial charge is 0.292 e. The molecule has 0 aliphatic rings. The monoisotopic (exact) mass is 384 g/mol. The number of fused-ring (bicyclic) bond motifs is 6. The van der Waals surface area contributed by atoms with Crippen LogP contribution in [0.2, 0.25) is 0 Å². The molecule has 0 N–H and O–H groups in total. The van der Waals surface area contributed by atoms with Gasteiger partial charge in [0.2, 0.25) is 0 Å². The summed E-state index contributed by atoms with van der Waals surface area (Å²) in [6.07, 6.45) is 0. The Kier molecular flexibility index (Phi) is 3.72. The van der Waals surface area contributed by atoms with Crippen LogP contribution >= 0.6 is 0 Å². The highest BCUT2D eigenvalue weighted by atomic mass is 15.1. The summed E-state index contributed by atoms with van der Waals surface area (Å²) >= 11 is 0. The van der Waals surface area contributed by atoms with Gasteiger partial charge in [-0.15, -0.1) is 0 Å². The molecule has 0 fully saturated rings. The zero-order chi connectivity index (χ0) is 20.1. The fourth-order valence-electron chi connectivity index (χ4n) is 4.43. The maximum absolute atomic E-state index is 5.23. The Balaban J connectivity index is 1.87. The lowest BCUT2D eigenvalue weighted by Gasteiger charge is -2.12. The van der Waals surface area contributed by atoms with Gasteiger partial charge in [0.25, 0.3) is 0 Å². The average molecular weight is 384 g/mol. The van der Waals surface area contributed by atoms with E-state index in [1.165, 1.54) is 27.1 Å². The number of benzene rings is 5. The molecule has 2 heteroatoms. The molecule has 0 saturated carbocycles. The molecule has 0 saturated heterocycles. The third-order valence-corrected chi connectivity index (χ3v) is 5.86. The Labute approximate surface area is 175 Å². The molecule has 142 valence electrons. The second kappa shape index (κ2) is 6.57. The third-order valence-electron chi connectivity index (χ3n) is 5.86. The van der Waals surface area contributed by atoms with Crippen molar-refractivity contribution in [2.45, 2.75) is 6.92 Å². The normalized spacial score (nSPS) is 11.5. The second-order valence-electron chi connectivity index (χ2n) is 7.76. The molecule has 5 aromatic carbocycles. The van der Waals surface area contributed by atoms with Gasteiger partial charge in [0, 0.05) is 22.0 Å². The van der Waals surface area contributed by atoms with Crippen LogP contribution in [0.3, 0.4) is 0 Å². The summed E-state index contributed by atoms with van der Waals surface area (Å²) in [5, 5.41) is 4.91. The highest BCUT2D eigenvalue weighted by molar-refractivity contribution is 6.24. The summed E-state index contributed by atoms with van der Waals surface area (Å²) < 4.78 is 2.31. The summed E-state index contributed by atoms with van der Waals surface area (Å²) in [6, 6.07) is 36.4. The van der Waals surface area contributed by atoms with Gasteiger partial charge in [-0.3, -0.25) is 4.57 Å². The Hall–Kier alpha value is -3.91. The third kappa shape index (κ3) is 2.47. The van der Waals surface area contributed by atoms with Gasteiger partial charge in [-0.1, -0.05) is 96.6 Å². The van der Waals surface area contributed by atoms with E-state index in [0.29, 0.717) is 0 Å². The van der Waals surface area contributed by atoms with E-state index in [-0.39, 0.29) is 0 Å². The van der Waals surface area contributed by atoms with Crippen molar-refractivity contribution in [1.82, 2.24) is 9.55 Å². The Morgan fingerprint density at radius 3 is 1.83 bits per heavy atom. The van der Waals surface area contributed by atoms with E-state index in [2.05, 4.69) is 115 Å². The molecule has 0 aliphatic heterocycles.